The second kappa shape index (κ2) is 8.33. The fourth-order valence-electron chi connectivity index (χ4n) is 2.78. The van der Waals surface area contributed by atoms with Gasteiger partial charge in [0.15, 0.2) is 0 Å². The lowest BCUT2D eigenvalue weighted by Crippen LogP contribution is -2.29. The molecule has 0 spiro atoms. The molecule has 5 nitrogen and oxygen atoms in total. The van der Waals surface area contributed by atoms with Crippen molar-refractivity contribution in [3.05, 3.63) is 96.7 Å². The number of rotatable bonds is 6. The topological polar surface area (TPSA) is 72.2 Å². The molecule has 27 heavy (non-hydrogen) atoms. The summed E-state index contributed by atoms with van der Waals surface area (Å²) < 4.78 is 0. The van der Waals surface area contributed by atoms with Crippen molar-refractivity contribution >= 4 is 34.5 Å². The number of carbonyl (C=O) groups excluding carboxylic acids is 1. The van der Waals surface area contributed by atoms with Crippen molar-refractivity contribution in [3.63, 3.8) is 0 Å². The van der Waals surface area contributed by atoms with Crippen molar-refractivity contribution in [2.24, 2.45) is 0 Å². The van der Waals surface area contributed by atoms with Gasteiger partial charge >= 0.3 is 0 Å². The Kier molecular flexibility index (Phi) is 5.88. The van der Waals surface area contributed by atoms with Crippen LogP contribution in [0.4, 0.5) is 5.69 Å². The molecule has 7 heteroatoms. The summed E-state index contributed by atoms with van der Waals surface area (Å²) in [6, 6.07) is 15.5. The van der Waals surface area contributed by atoms with Gasteiger partial charge in [-0.3, -0.25) is 14.9 Å². The summed E-state index contributed by atoms with van der Waals surface area (Å²) in [5.74, 6) is -0.517. The molecule has 2 aromatic carbocycles. The molecule has 1 unspecified atom stereocenters. The third-order valence-electron chi connectivity index (χ3n) is 4.23. The first kappa shape index (κ1) is 19.1. The zero-order valence-electron chi connectivity index (χ0n) is 14.5. The van der Waals surface area contributed by atoms with E-state index < -0.39 is 16.9 Å². The Morgan fingerprint density at radius 3 is 2.56 bits per heavy atom. The fourth-order valence-corrected chi connectivity index (χ4v) is 3.75. The van der Waals surface area contributed by atoms with Gasteiger partial charge < -0.3 is 5.32 Å². The predicted octanol–water partition coefficient (Wildman–Crippen LogP) is 5.39. The van der Waals surface area contributed by atoms with Crippen LogP contribution in [0.15, 0.2) is 60.0 Å². The van der Waals surface area contributed by atoms with Gasteiger partial charge in [0.05, 0.1) is 11.0 Å². The molecule has 0 saturated carbocycles. The van der Waals surface area contributed by atoms with Gasteiger partial charge in [-0.25, -0.2) is 0 Å². The summed E-state index contributed by atoms with van der Waals surface area (Å²) in [7, 11) is 0. The summed E-state index contributed by atoms with van der Waals surface area (Å²) in [5.41, 5.74) is 1.78. The van der Waals surface area contributed by atoms with Gasteiger partial charge in [-0.05, 0) is 41.1 Å². The Balaban J connectivity index is 1.95. The molecule has 1 amide bonds. The third kappa shape index (κ3) is 4.35. The van der Waals surface area contributed by atoms with E-state index in [1.807, 2.05) is 41.8 Å². The van der Waals surface area contributed by atoms with Gasteiger partial charge in [0, 0.05) is 16.0 Å². The largest absolute Gasteiger partial charge is 0.340 e. The number of hydrogen-bond donors (Lipinski definition) is 1. The minimum Gasteiger partial charge on any atom is -0.340 e. The molecule has 0 aliphatic carbocycles. The van der Waals surface area contributed by atoms with Crippen LogP contribution in [0.25, 0.3) is 0 Å². The number of nitro groups is 1. The van der Waals surface area contributed by atoms with Gasteiger partial charge in [0.1, 0.15) is 5.56 Å². The molecule has 0 fully saturated rings. The van der Waals surface area contributed by atoms with Crippen LogP contribution >= 0.6 is 22.9 Å². The van der Waals surface area contributed by atoms with Crippen LogP contribution in [-0.4, -0.2) is 10.8 Å². The van der Waals surface area contributed by atoms with Crippen molar-refractivity contribution in [3.8, 4) is 0 Å². The SMILES string of the molecule is CCc1ccc(C(NC(=O)c2ccc(Cl)cc2[N+](=O)[O-])c2cccs2)cc1. The number of nitro benzene ring substituents is 1. The van der Waals surface area contributed by atoms with E-state index in [1.54, 1.807) is 0 Å². The van der Waals surface area contributed by atoms with Crippen LogP contribution < -0.4 is 5.32 Å². The number of amides is 1. The fraction of sp³-hybridized carbons (Fsp3) is 0.150. The maximum absolute atomic E-state index is 12.8. The number of aryl methyl sites for hydroxylation is 1. The first-order chi connectivity index (χ1) is 13.0. The van der Waals surface area contributed by atoms with E-state index in [4.69, 9.17) is 11.6 Å². The van der Waals surface area contributed by atoms with Crippen molar-refractivity contribution in [1.82, 2.24) is 5.32 Å². The highest BCUT2D eigenvalue weighted by atomic mass is 35.5. The van der Waals surface area contributed by atoms with Gasteiger partial charge in [0.25, 0.3) is 11.6 Å². The first-order valence-corrected chi connectivity index (χ1v) is 9.62. The van der Waals surface area contributed by atoms with E-state index in [0.717, 1.165) is 16.9 Å². The monoisotopic (exact) mass is 400 g/mol. The number of halogens is 1. The van der Waals surface area contributed by atoms with Gasteiger partial charge in [0.2, 0.25) is 0 Å². The number of benzene rings is 2. The maximum atomic E-state index is 12.8. The molecule has 3 aromatic rings. The zero-order chi connectivity index (χ0) is 19.4. The third-order valence-corrected chi connectivity index (χ3v) is 5.40. The number of carbonyl (C=O) groups is 1. The lowest BCUT2D eigenvalue weighted by molar-refractivity contribution is -0.385. The number of nitrogens with zero attached hydrogens (tertiary/aromatic N) is 1. The Labute approximate surface area is 165 Å². The molecule has 1 N–H and O–H groups in total. The molecule has 0 bridgehead atoms. The smallest absolute Gasteiger partial charge is 0.283 e. The number of hydrogen-bond acceptors (Lipinski definition) is 4. The zero-order valence-corrected chi connectivity index (χ0v) is 16.1. The highest BCUT2D eigenvalue weighted by Gasteiger charge is 2.24. The van der Waals surface area contributed by atoms with Crippen molar-refractivity contribution in [2.75, 3.05) is 0 Å². The van der Waals surface area contributed by atoms with E-state index >= 15 is 0 Å². The van der Waals surface area contributed by atoms with Crippen molar-refractivity contribution < 1.29 is 9.72 Å². The predicted molar refractivity (Wildman–Crippen MR) is 108 cm³/mol. The first-order valence-electron chi connectivity index (χ1n) is 8.36. The number of thiophene rings is 1. The van der Waals surface area contributed by atoms with Crippen LogP contribution in [0.5, 0.6) is 0 Å². The minimum atomic E-state index is -0.600. The van der Waals surface area contributed by atoms with E-state index in [0.29, 0.717) is 0 Å². The summed E-state index contributed by atoms with van der Waals surface area (Å²) in [6.07, 6.45) is 0.924. The molecule has 0 aliphatic heterocycles. The van der Waals surface area contributed by atoms with Crippen LogP contribution in [0.2, 0.25) is 5.02 Å². The summed E-state index contributed by atoms with van der Waals surface area (Å²) in [5, 5.41) is 16.4. The molecule has 138 valence electrons. The molecule has 1 atom stereocenters. The lowest BCUT2D eigenvalue weighted by Gasteiger charge is -2.18. The highest BCUT2D eigenvalue weighted by molar-refractivity contribution is 7.10. The second-order valence-corrected chi connectivity index (χ2v) is 7.35. The average molecular weight is 401 g/mol. The number of nitrogens with one attached hydrogen (secondary N) is 1. The van der Waals surface area contributed by atoms with E-state index in [-0.39, 0.29) is 16.3 Å². The van der Waals surface area contributed by atoms with E-state index in [9.17, 15) is 14.9 Å². The Morgan fingerprint density at radius 2 is 1.96 bits per heavy atom. The lowest BCUT2D eigenvalue weighted by atomic mass is 10.0. The Hall–Kier alpha value is -2.70. The van der Waals surface area contributed by atoms with Crippen molar-refractivity contribution in [2.45, 2.75) is 19.4 Å². The normalized spacial score (nSPS) is 11.8. The van der Waals surface area contributed by atoms with Crippen LogP contribution in [0.1, 0.15) is 39.3 Å². The molecule has 1 aromatic heterocycles. The Bertz CT molecular complexity index is 956. The minimum absolute atomic E-state index is 0.0175. The highest BCUT2D eigenvalue weighted by Crippen LogP contribution is 2.29. The molecule has 3 rings (SSSR count). The molecule has 0 aliphatic rings. The van der Waals surface area contributed by atoms with E-state index in [2.05, 4.69) is 12.2 Å². The second-order valence-electron chi connectivity index (χ2n) is 5.94. The van der Waals surface area contributed by atoms with Crippen LogP contribution in [0, 0.1) is 10.1 Å². The van der Waals surface area contributed by atoms with Gasteiger partial charge in [-0.2, -0.15) is 0 Å². The average Bonchev–Trinajstić information content (AvgIpc) is 3.20. The van der Waals surface area contributed by atoms with E-state index in [1.165, 1.54) is 35.1 Å². The van der Waals surface area contributed by atoms with Crippen molar-refractivity contribution in [1.29, 1.82) is 0 Å². The molecule has 0 saturated heterocycles. The van der Waals surface area contributed by atoms with Crippen LogP contribution in [-0.2, 0) is 6.42 Å². The maximum Gasteiger partial charge on any atom is 0.283 e. The Morgan fingerprint density at radius 1 is 1.22 bits per heavy atom. The molecule has 0 radical (unpaired) electrons. The van der Waals surface area contributed by atoms with Gasteiger partial charge in [-0.1, -0.05) is 48.9 Å². The summed E-state index contributed by atoms with van der Waals surface area (Å²) >= 11 is 7.36. The quantitative estimate of drug-likeness (QED) is 0.445. The standard InChI is InChI=1S/C20H17ClN2O3S/c1-2-13-5-7-14(8-6-13)19(18-4-3-11-27-18)22-20(24)16-10-9-15(21)12-17(16)23(25)26/h3-12,19H,2H2,1H3,(H,22,24). The van der Waals surface area contributed by atoms with Gasteiger partial charge in [-0.15, -0.1) is 11.3 Å². The molecular formula is C20H17ClN2O3S. The summed E-state index contributed by atoms with van der Waals surface area (Å²) in [6.45, 7) is 2.08. The summed E-state index contributed by atoms with van der Waals surface area (Å²) in [4.78, 5) is 24.5. The molecular weight excluding hydrogens is 384 g/mol. The molecule has 1 heterocycles. The van der Waals surface area contributed by atoms with Crippen LogP contribution in [0.3, 0.4) is 0 Å².